The average molecular weight is 364 g/mol. The first-order valence-electron chi connectivity index (χ1n) is 5.19. The Morgan fingerprint density at radius 2 is 1.59 bits per heavy atom. The van der Waals surface area contributed by atoms with Crippen LogP contribution in [0.1, 0.15) is 0 Å². The normalized spacial score (nSPS) is 11.8. The van der Waals surface area contributed by atoms with E-state index in [0.717, 1.165) is 0 Å². The molecule has 0 saturated heterocycles. The number of nitrogens with one attached hydrogen (secondary N) is 1. The van der Waals surface area contributed by atoms with E-state index in [4.69, 9.17) is 0 Å². The third-order valence-corrected chi connectivity index (χ3v) is 3.99. The predicted molar refractivity (Wildman–Crippen MR) is 62.6 cm³/mol. The van der Waals surface area contributed by atoms with Crippen molar-refractivity contribution < 1.29 is 30.7 Å². The summed E-state index contributed by atoms with van der Waals surface area (Å²) < 4.78 is 88.3. The van der Waals surface area contributed by atoms with Crippen LogP contribution >= 0.6 is 23.1 Å². The minimum Gasteiger partial charge on any atom is -0.351 e. The monoisotopic (exact) mass is 364 g/mol. The maximum Gasteiger partial charge on any atom is 0.405 e. The highest BCUT2D eigenvalue weighted by atomic mass is 32.2. The van der Waals surface area contributed by atoms with E-state index < -0.39 is 41.1 Å². The zero-order chi connectivity index (χ0) is 16.5. The molecule has 0 fully saturated rings. The molecule has 13 heteroatoms. The number of hydrogen-bond donors (Lipinski definition) is 1. The molecule has 0 aromatic carbocycles. The van der Waals surface area contributed by atoms with E-state index >= 15 is 0 Å². The summed E-state index contributed by atoms with van der Waals surface area (Å²) in [6, 6.07) is 0. The van der Waals surface area contributed by atoms with Crippen LogP contribution in [-0.4, -0.2) is 27.9 Å². The Labute approximate surface area is 125 Å². The van der Waals surface area contributed by atoms with Crippen molar-refractivity contribution in [1.29, 1.82) is 0 Å². The van der Waals surface area contributed by atoms with Crippen molar-refractivity contribution in [3.63, 3.8) is 0 Å². The van der Waals surface area contributed by atoms with Crippen LogP contribution in [0.2, 0.25) is 0 Å². The summed E-state index contributed by atoms with van der Waals surface area (Å²) in [6.07, 6.45) is -4.49. The van der Waals surface area contributed by atoms with Crippen LogP contribution in [0.5, 0.6) is 0 Å². The van der Waals surface area contributed by atoms with E-state index in [1.165, 1.54) is 0 Å². The molecule has 0 spiro atoms. The van der Waals surface area contributed by atoms with Gasteiger partial charge in [-0.15, -0.1) is 10.2 Å². The number of nitrogens with zero attached hydrogens (tertiary/aromatic N) is 3. The minimum absolute atomic E-state index is 0.177. The second-order valence-electron chi connectivity index (χ2n) is 3.59. The van der Waals surface area contributed by atoms with Gasteiger partial charge in [0.15, 0.2) is 16.0 Å². The third kappa shape index (κ3) is 3.97. The zero-order valence-electron chi connectivity index (χ0n) is 10.0. The van der Waals surface area contributed by atoms with E-state index in [1.807, 2.05) is 5.32 Å². The van der Waals surface area contributed by atoms with Crippen molar-refractivity contribution in [2.45, 2.75) is 15.4 Å². The molecule has 22 heavy (non-hydrogen) atoms. The van der Waals surface area contributed by atoms with Gasteiger partial charge in [-0.25, -0.2) is 8.78 Å². The second-order valence-corrected chi connectivity index (χ2v) is 5.83. The SMILES string of the molecule is Fc1nc(F)c(F)c(Sc2nnc(NCC(F)(F)F)s2)c1F. The molecule has 0 unspecified atom stereocenters. The molecular weight excluding hydrogens is 361 g/mol. The van der Waals surface area contributed by atoms with Crippen molar-refractivity contribution in [3.8, 4) is 0 Å². The highest BCUT2D eigenvalue weighted by Crippen LogP contribution is 2.36. The number of rotatable bonds is 4. The first-order valence-corrected chi connectivity index (χ1v) is 6.82. The molecule has 0 atom stereocenters. The zero-order valence-corrected chi connectivity index (χ0v) is 11.6. The summed E-state index contributed by atoms with van der Waals surface area (Å²) in [5, 5.41) is 8.30. The van der Waals surface area contributed by atoms with Gasteiger partial charge in [-0.2, -0.15) is 26.9 Å². The minimum atomic E-state index is -4.49. The van der Waals surface area contributed by atoms with Gasteiger partial charge in [-0.1, -0.05) is 23.1 Å². The van der Waals surface area contributed by atoms with Crippen LogP contribution in [0, 0.1) is 23.5 Å². The maximum atomic E-state index is 13.4. The smallest absolute Gasteiger partial charge is 0.351 e. The number of hydrogen-bond acceptors (Lipinski definition) is 6. The van der Waals surface area contributed by atoms with Crippen molar-refractivity contribution in [3.05, 3.63) is 23.5 Å². The number of aromatic nitrogens is 3. The van der Waals surface area contributed by atoms with Crippen molar-refractivity contribution in [2.75, 3.05) is 11.9 Å². The molecule has 0 aliphatic heterocycles. The van der Waals surface area contributed by atoms with E-state index in [9.17, 15) is 30.7 Å². The molecule has 0 radical (unpaired) electrons. The van der Waals surface area contributed by atoms with Crippen LogP contribution in [0.25, 0.3) is 0 Å². The molecule has 0 bridgehead atoms. The summed E-state index contributed by atoms with van der Waals surface area (Å²) in [6.45, 7) is -1.38. The summed E-state index contributed by atoms with van der Waals surface area (Å²) in [5.41, 5.74) is 0. The van der Waals surface area contributed by atoms with Gasteiger partial charge in [0.05, 0.1) is 4.90 Å². The number of alkyl halides is 3. The Morgan fingerprint density at radius 1 is 1.00 bits per heavy atom. The molecular formula is C9H3F7N4S2. The van der Waals surface area contributed by atoms with Gasteiger partial charge in [0.1, 0.15) is 6.54 Å². The molecule has 2 aromatic rings. The Kier molecular flexibility index (Phi) is 4.75. The van der Waals surface area contributed by atoms with Crippen LogP contribution in [-0.2, 0) is 0 Å². The fourth-order valence-electron chi connectivity index (χ4n) is 1.14. The van der Waals surface area contributed by atoms with E-state index in [-0.39, 0.29) is 21.2 Å². The largest absolute Gasteiger partial charge is 0.405 e. The first-order chi connectivity index (χ1) is 10.2. The van der Waals surface area contributed by atoms with Gasteiger partial charge in [-0.3, -0.25) is 0 Å². The fourth-order valence-corrected chi connectivity index (χ4v) is 2.87. The van der Waals surface area contributed by atoms with E-state index in [0.29, 0.717) is 11.3 Å². The summed E-state index contributed by atoms with van der Waals surface area (Å²) in [4.78, 5) is 1.32. The van der Waals surface area contributed by atoms with Gasteiger partial charge in [0.2, 0.25) is 5.13 Å². The van der Waals surface area contributed by atoms with Crippen molar-refractivity contribution >= 4 is 28.2 Å². The standard InChI is InChI=1S/C9H3F7N4S2/c10-2-4(3(11)6(13)18-5(2)12)21-8-20-19-7(22-8)17-1-9(14,15)16/h1H2,(H,17,19). The van der Waals surface area contributed by atoms with Crippen LogP contribution in [0.3, 0.4) is 0 Å². The van der Waals surface area contributed by atoms with Crippen molar-refractivity contribution in [2.24, 2.45) is 0 Å². The van der Waals surface area contributed by atoms with Crippen LogP contribution in [0.15, 0.2) is 9.24 Å². The van der Waals surface area contributed by atoms with E-state index in [1.54, 1.807) is 0 Å². The average Bonchev–Trinajstić information content (AvgIpc) is 2.86. The fraction of sp³-hybridized carbons (Fsp3) is 0.222. The lowest BCUT2D eigenvalue weighted by Crippen LogP contribution is -2.21. The lowest BCUT2D eigenvalue weighted by Gasteiger charge is -2.05. The molecule has 0 aliphatic carbocycles. The quantitative estimate of drug-likeness (QED) is 0.664. The van der Waals surface area contributed by atoms with Gasteiger partial charge in [-0.05, 0) is 0 Å². The second kappa shape index (κ2) is 6.24. The lowest BCUT2D eigenvalue weighted by molar-refractivity contribution is -0.115. The maximum absolute atomic E-state index is 13.4. The van der Waals surface area contributed by atoms with Crippen LogP contribution < -0.4 is 5.32 Å². The number of halogens is 7. The first kappa shape index (κ1) is 16.7. The Hall–Kier alpha value is -1.63. The number of pyridine rings is 1. The van der Waals surface area contributed by atoms with E-state index in [2.05, 4.69) is 15.2 Å². The number of anilines is 1. The molecule has 120 valence electrons. The lowest BCUT2D eigenvalue weighted by atomic mass is 10.4. The predicted octanol–water partition coefficient (Wildman–Crippen LogP) is 3.61. The van der Waals surface area contributed by atoms with Crippen molar-refractivity contribution in [1.82, 2.24) is 15.2 Å². The molecule has 0 saturated carbocycles. The van der Waals surface area contributed by atoms with Gasteiger partial charge < -0.3 is 5.32 Å². The Morgan fingerprint density at radius 3 is 2.14 bits per heavy atom. The Balaban J connectivity index is 2.17. The summed E-state index contributed by atoms with van der Waals surface area (Å²) in [5.74, 6) is -7.16. The highest BCUT2D eigenvalue weighted by molar-refractivity contribution is 8.01. The molecule has 0 aliphatic rings. The Bertz CT molecular complexity index is 661. The molecule has 0 amide bonds. The molecule has 2 rings (SSSR count). The highest BCUT2D eigenvalue weighted by Gasteiger charge is 2.27. The molecule has 2 aromatic heterocycles. The molecule has 4 nitrogen and oxygen atoms in total. The van der Waals surface area contributed by atoms with Gasteiger partial charge in [0.25, 0.3) is 11.9 Å². The van der Waals surface area contributed by atoms with Crippen LogP contribution in [0.4, 0.5) is 35.9 Å². The summed E-state index contributed by atoms with van der Waals surface area (Å²) in [7, 11) is 0. The third-order valence-electron chi connectivity index (χ3n) is 1.99. The summed E-state index contributed by atoms with van der Waals surface area (Å²) >= 11 is 0.706. The topological polar surface area (TPSA) is 50.7 Å². The molecule has 1 N–H and O–H groups in total. The molecule has 2 heterocycles. The van der Waals surface area contributed by atoms with Gasteiger partial charge >= 0.3 is 6.18 Å². The van der Waals surface area contributed by atoms with Gasteiger partial charge in [0, 0.05) is 0 Å².